The largest absolute Gasteiger partial charge is 0.497 e. The zero-order chi connectivity index (χ0) is 20.1. The zero-order valence-electron chi connectivity index (χ0n) is 16.6. The van der Waals surface area contributed by atoms with E-state index in [2.05, 4.69) is 33.8 Å². The number of benzene rings is 2. The first-order valence-corrected chi connectivity index (χ1v) is 10.9. The van der Waals surface area contributed by atoms with Crippen LogP contribution in [0.4, 0.5) is 4.39 Å². The molecule has 3 aromatic rings. The van der Waals surface area contributed by atoms with Gasteiger partial charge in [0, 0.05) is 30.1 Å². The summed E-state index contributed by atoms with van der Waals surface area (Å²) >= 11 is 1.59. The number of hydrogen-bond donors (Lipinski definition) is 1. The zero-order valence-corrected chi connectivity index (χ0v) is 17.4. The van der Waals surface area contributed by atoms with Gasteiger partial charge in [-0.2, -0.15) is 0 Å². The summed E-state index contributed by atoms with van der Waals surface area (Å²) in [6, 6.07) is 15.2. The number of aromatic nitrogens is 1. The van der Waals surface area contributed by atoms with E-state index in [0.717, 1.165) is 41.6 Å². The number of thiazole rings is 1. The number of nitrogens with zero attached hydrogens (tertiary/aromatic N) is 2. The summed E-state index contributed by atoms with van der Waals surface area (Å²) in [5.74, 6) is 0.674. The van der Waals surface area contributed by atoms with E-state index in [9.17, 15) is 4.39 Å². The molecule has 1 atom stereocenters. The van der Waals surface area contributed by atoms with Gasteiger partial charge in [-0.1, -0.05) is 12.1 Å². The van der Waals surface area contributed by atoms with Gasteiger partial charge in [-0.05, 0) is 67.9 Å². The maximum Gasteiger partial charge on any atom is 0.123 e. The second-order valence-corrected chi connectivity index (χ2v) is 8.18. The Kier molecular flexibility index (Phi) is 6.54. The minimum absolute atomic E-state index is 0.224. The summed E-state index contributed by atoms with van der Waals surface area (Å²) < 4.78 is 18.5. The van der Waals surface area contributed by atoms with Gasteiger partial charge < -0.3 is 10.1 Å². The first kappa shape index (κ1) is 20.0. The number of hydrogen-bond acceptors (Lipinski definition) is 5. The van der Waals surface area contributed by atoms with Crippen molar-refractivity contribution in [1.82, 2.24) is 15.2 Å². The monoisotopic (exact) mass is 411 g/mol. The molecule has 0 saturated carbocycles. The fraction of sp³-hybridized carbons (Fsp3) is 0.348. The van der Waals surface area contributed by atoms with E-state index in [1.54, 1.807) is 30.6 Å². The van der Waals surface area contributed by atoms with Crippen molar-refractivity contribution in [1.29, 1.82) is 0 Å². The van der Waals surface area contributed by atoms with E-state index in [1.807, 2.05) is 6.07 Å². The number of likely N-dealkylation sites (tertiary alicyclic amines) is 1. The molecule has 4 nitrogen and oxygen atoms in total. The Morgan fingerprint density at radius 2 is 1.97 bits per heavy atom. The average molecular weight is 412 g/mol. The highest BCUT2D eigenvalue weighted by Crippen LogP contribution is 2.28. The maximum absolute atomic E-state index is 13.1. The normalized spacial score (nSPS) is 15.5. The fourth-order valence-corrected chi connectivity index (χ4v) is 4.64. The molecule has 0 amide bonds. The van der Waals surface area contributed by atoms with Crippen LogP contribution in [0.15, 0.2) is 53.9 Å². The quantitative estimate of drug-likeness (QED) is 0.573. The topological polar surface area (TPSA) is 37.4 Å². The van der Waals surface area contributed by atoms with Crippen LogP contribution >= 0.6 is 11.3 Å². The molecule has 0 radical (unpaired) electrons. The highest BCUT2D eigenvalue weighted by atomic mass is 32.1. The molecular weight excluding hydrogens is 385 g/mol. The lowest BCUT2D eigenvalue weighted by Crippen LogP contribution is -2.34. The smallest absolute Gasteiger partial charge is 0.123 e. The standard InChI is InChI=1S/C23H26FN3OS/c1-28-21-6-4-5-18(13-21)22(27-11-2-3-12-27)15-25-14-20-16-29-23(26-20)17-7-9-19(24)10-8-17/h4-10,13,16,22,25H,2-3,11-12,14-15H2,1H3. The van der Waals surface area contributed by atoms with E-state index < -0.39 is 0 Å². The van der Waals surface area contributed by atoms with Crippen LogP contribution in [0.25, 0.3) is 10.6 Å². The summed E-state index contributed by atoms with van der Waals surface area (Å²) in [6.45, 7) is 3.84. The summed E-state index contributed by atoms with van der Waals surface area (Å²) in [5, 5.41) is 6.58. The molecule has 1 N–H and O–H groups in total. The van der Waals surface area contributed by atoms with Crippen LogP contribution in [-0.2, 0) is 6.54 Å². The first-order valence-electron chi connectivity index (χ1n) is 10.0. The van der Waals surface area contributed by atoms with Gasteiger partial charge >= 0.3 is 0 Å². The average Bonchev–Trinajstić information content (AvgIpc) is 3.44. The molecule has 0 bridgehead atoms. The van der Waals surface area contributed by atoms with Crippen molar-refractivity contribution in [3.05, 3.63) is 71.0 Å². The van der Waals surface area contributed by atoms with E-state index >= 15 is 0 Å². The van der Waals surface area contributed by atoms with Crippen molar-refractivity contribution in [2.45, 2.75) is 25.4 Å². The van der Waals surface area contributed by atoms with Crippen LogP contribution in [0.5, 0.6) is 5.75 Å². The molecule has 0 spiro atoms. The van der Waals surface area contributed by atoms with Crippen molar-refractivity contribution in [3.8, 4) is 16.3 Å². The van der Waals surface area contributed by atoms with Gasteiger partial charge in [0.2, 0.25) is 0 Å². The molecule has 1 aliphatic rings. The van der Waals surface area contributed by atoms with Crippen molar-refractivity contribution in [2.24, 2.45) is 0 Å². The molecule has 1 aliphatic heterocycles. The Hall–Kier alpha value is -2.28. The summed E-state index contributed by atoms with van der Waals surface area (Å²) in [6.07, 6.45) is 2.52. The van der Waals surface area contributed by atoms with Gasteiger partial charge in [-0.15, -0.1) is 11.3 Å². The highest BCUT2D eigenvalue weighted by molar-refractivity contribution is 7.13. The van der Waals surface area contributed by atoms with Gasteiger partial charge in [-0.25, -0.2) is 9.37 Å². The number of ether oxygens (including phenoxy) is 1. The molecule has 6 heteroatoms. The van der Waals surface area contributed by atoms with Crippen LogP contribution in [0.2, 0.25) is 0 Å². The predicted molar refractivity (Wildman–Crippen MR) is 116 cm³/mol. The van der Waals surface area contributed by atoms with E-state index in [4.69, 9.17) is 9.72 Å². The molecule has 1 saturated heterocycles. The SMILES string of the molecule is COc1cccc(C(CNCc2csc(-c3ccc(F)cc3)n2)N2CCCC2)c1. The van der Waals surface area contributed by atoms with Gasteiger partial charge in [-0.3, -0.25) is 4.90 Å². The molecule has 1 unspecified atom stereocenters. The van der Waals surface area contributed by atoms with E-state index in [1.165, 1.54) is 30.5 Å². The van der Waals surface area contributed by atoms with Crippen LogP contribution in [0.1, 0.15) is 30.1 Å². The van der Waals surface area contributed by atoms with Gasteiger partial charge in [0.1, 0.15) is 16.6 Å². The number of halogens is 1. The molecule has 1 aromatic heterocycles. The third-order valence-corrected chi connectivity index (χ3v) is 6.29. The van der Waals surface area contributed by atoms with Crippen LogP contribution in [0, 0.1) is 5.82 Å². The van der Waals surface area contributed by atoms with Gasteiger partial charge in [0.05, 0.1) is 12.8 Å². The molecule has 1 fully saturated rings. The van der Waals surface area contributed by atoms with Crippen LogP contribution < -0.4 is 10.1 Å². The lowest BCUT2D eigenvalue weighted by Gasteiger charge is -2.28. The molecule has 2 aromatic carbocycles. The fourth-order valence-electron chi connectivity index (χ4n) is 3.81. The van der Waals surface area contributed by atoms with Gasteiger partial charge in [0.25, 0.3) is 0 Å². The van der Waals surface area contributed by atoms with Crippen molar-refractivity contribution in [2.75, 3.05) is 26.7 Å². The Labute approximate surface area is 175 Å². The number of rotatable bonds is 8. The molecule has 0 aliphatic carbocycles. The minimum Gasteiger partial charge on any atom is -0.497 e. The number of nitrogens with one attached hydrogen (secondary N) is 1. The second-order valence-electron chi connectivity index (χ2n) is 7.32. The summed E-state index contributed by atoms with van der Waals surface area (Å²) in [7, 11) is 1.71. The molecular formula is C23H26FN3OS. The Balaban J connectivity index is 1.41. The van der Waals surface area contributed by atoms with Crippen molar-refractivity contribution in [3.63, 3.8) is 0 Å². The first-order chi connectivity index (χ1) is 14.2. The molecule has 2 heterocycles. The van der Waals surface area contributed by atoms with Crippen LogP contribution in [-0.4, -0.2) is 36.6 Å². The van der Waals surface area contributed by atoms with Crippen molar-refractivity contribution < 1.29 is 9.13 Å². The summed E-state index contributed by atoms with van der Waals surface area (Å²) in [5.41, 5.74) is 3.25. The highest BCUT2D eigenvalue weighted by Gasteiger charge is 2.23. The Morgan fingerprint density at radius 3 is 2.72 bits per heavy atom. The lowest BCUT2D eigenvalue weighted by molar-refractivity contribution is 0.237. The van der Waals surface area contributed by atoms with Crippen molar-refractivity contribution >= 4 is 11.3 Å². The maximum atomic E-state index is 13.1. The van der Waals surface area contributed by atoms with E-state index in [-0.39, 0.29) is 5.82 Å². The van der Waals surface area contributed by atoms with Crippen LogP contribution in [0.3, 0.4) is 0 Å². The Morgan fingerprint density at radius 1 is 1.17 bits per heavy atom. The lowest BCUT2D eigenvalue weighted by atomic mass is 10.0. The molecule has 152 valence electrons. The third kappa shape index (κ3) is 5.01. The number of methoxy groups -OCH3 is 1. The third-order valence-electron chi connectivity index (χ3n) is 5.35. The second kappa shape index (κ2) is 9.48. The molecule has 4 rings (SSSR count). The molecule has 29 heavy (non-hydrogen) atoms. The Bertz CT molecular complexity index is 922. The minimum atomic E-state index is -0.224. The van der Waals surface area contributed by atoms with E-state index in [0.29, 0.717) is 12.6 Å². The van der Waals surface area contributed by atoms with Gasteiger partial charge in [0.15, 0.2) is 0 Å². The summed E-state index contributed by atoms with van der Waals surface area (Å²) in [4.78, 5) is 7.25. The predicted octanol–water partition coefficient (Wildman–Crippen LogP) is 4.88.